The Morgan fingerprint density at radius 2 is 2.21 bits per heavy atom. The van der Waals surface area contributed by atoms with Crippen LogP contribution in [0.4, 0.5) is 0 Å². The first-order valence-electron chi connectivity index (χ1n) is 9.64. The topological polar surface area (TPSA) is 54.7 Å². The maximum absolute atomic E-state index is 6.26. The van der Waals surface area contributed by atoms with Crippen molar-refractivity contribution >= 4 is 53.1 Å². The quantitative estimate of drug-likeness (QED) is 0.251. The molecule has 3 rings (SSSR count). The van der Waals surface area contributed by atoms with Gasteiger partial charge in [0.1, 0.15) is 6.10 Å². The van der Waals surface area contributed by atoms with E-state index in [1.165, 1.54) is 0 Å². The highest BCUT2D eigenvalue weighted by Gasteiger charge is 2.25. The highest BCUT2D eigenvalue weighted by Crippen LogP contribution is 2.23. The van der Waals surface area contributed by atoms with Crippen LogP contribution < -0.4 is 5.32 Å². The van der Waals surface area contributed by atoms with Gasteiger partial charge in [-0.3, -0.25) is 9.67 Å². The molecule has 0 bridgehead atoms. The van der Waals surface area contributed by atoms with Gasteiger partial charge in [-0.2, -0.15) is 5.10 Å². The fourth-order valence-electron chi connectivity index (χ4n) is 3.25. The molecular formula is C20H28Cl2IN5O. The first-order chi connectivity index (χ1) is 13.6. The van der Waals surface area contributed by atoms with Crippen LogP contribution in [0.2, 0.25) is 10.0 Å². The average Bonchev–Trinajstić information content (AvgIpc) is 3.12. The molecule has 9 heteroatoms. The van der Waals surface area contributed by atoms with E-state index in [-0.39, 0.29) is 30.1 Å². The second kappa shape index (κ2) is 12.0. The SMILES string of the molecule is CCNC(=NCCCc1ccc(Cl)cc1Cl)N1CCOC(c2cnn(C)c2)C1.I. The zero-order chi connectivity index (χ0) is 19.9. The van der Waals surface area contributed by atoms with Gasteiger partial charge >= 0.3 is 0 Å². The van der Waals surface area contributed by atoms with Gasteiger partial charge in [0.15, 0.2) is 5.96 Å². The maximum atomic E-state index is 6.26. The Kier molecular flexibility index (Phi) is 10.0. The average molecular weight is 552 g/mol. The summed E-state index contributed by atoms with van der Waals surface area (Å²) in [5.74, 6) is 0.932. The molecule has 0 saturated carbocycles. The number of rotatable bonds is 6. The van der Waals surface area contributed by atoms with Gasteiger partial charge in [0.2, 0.25) is 0 Å². The van der Waals surface area contributed by atoms with E-state index >= 15 is 0 Å². The van der Waals surface area contributed by atoms with Crippen molar-refractivity contribution in [2.24, 2.45) is 12.0 Å². The number of guanidine groups is 1. The second-order valence-electron chi connectivity index (χ2n) is 6.83. The summed E-state index contributed by atoms with van der Waals surface area (Å²) in [4.78, 5) is 7.08. The Bertz CT molecular complexity index is 814. The zero-order valence-electron chi connectivity index (χ0n) is 16.8. The van der Waals surface area contributed by atoms with Crippen LogP contribution in [0.3, 0.4) is 0 Å². The minimum atomic E-state index is 0. The first kappa shape index (κ1) is 24.2. The summed E-state index contributed by atoms with van der Waals surface area (Å²) in [7, 11) is 1.92. The fourth-order valence-corrected chi connectivity index (χ4v) is 3.76. The minimum absolute atomic E-state index is 0. The van der Waals surface area contributed by atoms with Crippen LogP contribution >= 0.6 is 47.2 Å². The molecule has 160 valence electrons. The van der Waals surface area contributed by atoms with Gasteiger partial charge < -0.3 is 15.0 Å². The number of halogens is 3. The summed E-state index contributed by atoms with van der Waals surface area (Å²) in [5.41, 5.74) is 2.20. The van der Waals surface area contributed by atoms with E-state index in [1.807, 2.05) is 31.6 Å². The lowest BCUT2D eigenvalue weighted by Gasteiger charge is -2.34. The molecule has 1 unspecified atom stereocenters. The summed E-state index contributed by atoms with van der Waals surface area (Å²) < 4.78 is 7.74. The number of hydrogen-bond acceptors (Lipinski definition) is 3. The van der Waals surface area contributed by atoms with Crippen molar-refractivity contribution in [3.05, 3.63) is 51.8 Å². The Hall–Kier alpha value is -1.03. The van der Waals surface area contributed by atoms with Gasteiger partial charge in [0.25, 0.3) is 0 Å². The monoisotopic (exact) mass is 551 g/mol. The lowest BCUT2D eigenvalue weighted by Crippen LogP contribution is -2.48. The van der Waals surface area contributed by atoms with E-state index in [4.69, 9.17) is 32.9 Å². The van der Waals surface area contributed by atoms with Crippen LogP contribution in [-0.4, -0.2) is 53.4 Å². The largest absolute Gasteiger partial charge is 0.370 e. The summed E-state index contributed by atoms with van der Waals surface area (Å²) in [5, 5.41) is 9.04. The third-order valence-electron chi connectivity index (χ3n) is 4.68. The van der Waals surface area contributed by atoms with Crippen LogP contribution in [0.15, 0.2) is 35.6 Å². The van der Waals surface area contributed by atoms with Gasteiger partial charge in [0, 0.05) is 48.5 Å². The molecule has 2 heterocycles. The van der Waals surface area contributed by atoms with Crippen molar-refractivity contribution < 1.29 is 4.74 Å². The third-order valence-corrected chi connectivity index (χ3v) is 5.27. The zero-order valence-corrected chi connectivity index (χ0v) is 20.6. The highest BCUT2D eigenvalue weighted by atomic mass is 127. The van der Waals surface area contributed by atoms with Crippen LogP contribution in [0.25, 0.3) is 0 Å². The number of benzene rings is 1. The summed E-state index contributed by atoms with van der Waals surface area (Å²) >= 11 is 12.2. The molecule has 1 atom stereocenters. The lowest BCUT2D eigenvalue weighted by atomic mass is 10.1. The van der Waals surface area contributed by atoms with Crippen LogP contribution in [-0.2, 0) is 18.2 Å². The standard InChI is InChI=1S/C20H27Cl2N5O.HI/c1-3-23-20(24-8-4-5-15-6-7-17(21)11-18(15)22)27-9-10-28-19(14-27)16-12-25-26(2)13-16;/h6-7,11-13,19H,3-5,8-10,14H2,1-2H3,(H,23,24);1H. The molecular weight excluding hydrogens is 524 g/mol. The summed E-state index contributed by atoms with van der Waals surface area (Å²) in [6.07, 6.45) is 5.69. The number of aliphatic imine (C=N–C) groups is 1. The number of aromatic nitrogens is 2. The molecule has 2 aromatic rings. The Balaban J connectivity index is 0.00000300. The van der Waals surface area contributed by atoms with E-state index in [0.29, 0.717) is 11.6 Å². The Morgan fingerprint density at radius 1 is 1.38 bits per heavy atom. The highest BCUT2D eigenvalue weighted by molar-refractivity contribution is 14.0. The maximum Gasteiger partial charge on any atom is 0.194 e. The molecule has 0 radical (unpaired) electrons. The molecule has 1 aromatic carbocycles. The van der Waals surface area contributed by atoms with Crippen molar-refractivity contribution in [2.45, 2.75) is 25.9 Å². The van der Waals surface area contributed by atoms with Crippen LogP contribution in [0, 0.1) is 0 Å². The number of hydrogen-bond donors (Lipinski definition) is 1. The van der Waals surface area contributed by atoms with Crippen molar-refractivity contribution in [1.82, 2.24) is 20.0 Å². The number of nitrogens with zero attached hydrogens (tertiary/aromatic N) is 4. The van der Waals surface area contributed by atoms with E-state index in [0.717, 1.165) is 61.1 Å². The van der Waals surface area contributed by atoms with Crippen LogP contribution in [0.1, 0.15) is 30.6 Å². The van der Waals surface area contributed by atoms with Crippen LogP contribution in [0.5, 0.6) is 0 Å². The summed E-state index contributed by atoms with van der Waals surface area (Å²) in [6, 6.07) is 5.65. The van der Waals surface area contributed by atoms with E-state index in [9.17, 15) is 0 Å². The molecule has 1 aliphatic rings. The molecule has 1 aromatic heterocycles. The molecule has 1 fully saturated rings. The van der Waals surface area contributed by atoms with Gasteiger partial charge in [-0.05, 0) is 37.5 Å². The fraction of sp³-hybridized carbons (Fsp3) is 0.500. The molecule has 1 saturated heterocycles. The molecule has 1 N–H and O–H groups in total. The Labute approximate surface area is 199 Å². The number of ether oxygens (including phenoxy) is 1. The molecule has 1 aliphatic heterocycles. The minimum Gasteiger partial charge on any atom is -0.370 e. The Morgan fingerprint density at radius 3 is 2.90 bits per heavy atom. The number of aryl methyl sites for hydroxylation is 2. The number of nitrogens with one attached hydrogen (secondary N) is 1. The summed E-state index contributed by atoms with van der Waals surface area (Å²) in [6.45, 7) is 5.91. The second-order valence-corrected chi connectivity index (χ2v) is 7.67. The van der Waals surface area contributed by atoms with Gasteiger partial charge in [-0.15, -0.1) is 24.0 Å². The molecule has 0 aliphatic carbocycles. The molecule has 0 spiro atoms. The lowest BCUT2D eigenvalue weighted by molar-refractivity contribution is -0.00804. The van der Waals surface area contributed by atoms with E-state index < -0.39 is 0 Å². The molecule has 6 nitrogen and oxygen atoms in total. The van der Waals surface area contributed by atoms with E-state index in [1.54, 1.807) is 10.7 Å². The van der Waals surface area contributed by atoms with Crippen molar-refractivity contribution in [3.8, 4) is 0 Å². The van der Waals surface area contributed by atoms with Gasteiger partial charge in [-0.25, -0.2) is 0 Å². The van der Waals surface area contributed by atoms with Crippen molar-refractivity contribution in [1.29, 1.82) is 0 Å². The molecule has 0 amide bonds. The van der Waals surface area contributed by atoms with Gasteiger partial charge in [0.05, 0.1) is 19.3 Å². The smallest absolute Gasteiger partial charge is 0.194 e. The predicted molar refractivity (Wildman–Crippen MR) is 130 cm³/mol. The van der Waals surface area contributed by atoms with E-state index in [2.05, 4.69) is 22.2 Å². The molecule has 29 heavy (non-hydrogen) atoms. The normalized spacial score (nSPS) is 17.2. The first-order valence-corrected chi connectivity index (χ1v) is 10.4. The van der Waals surface area contributed by atoms with Crippen molar-refractivity contribution in [2.75, 3.05) is 32.8 Å². The predicted octanol–water partition coefficient (Wildman–Crippen LogP) is 4.32. The van der Waals surface area contributed by atoms with Crippen molar-refractivity contribution in [3.63, 3.8) is 0 Å². The van der Waals surface area contributed by atoms with Gasteiger partial charge in [-0.1, -0.05) is 29.3 Å². The number of morpholine rings is 1. The third kappa shape index (κ3) is 7.01.